The quantitative estimate of drug-likeness (QED) is 0.351. The van der Waals surface area contributed by atoms with Crippen molar-refractivity contribution in [3.05, 3.63) is 68.9 Å². The highest BCUT2D eigenvalue weighted by Gasteiger charge is 2.48. The molecule has 0 spiro atoms. The summed E-state index contributed by atoms with van der Waals surface area (Å²) in [6.45, 7) is 6.00. The van der Waals surface area contributed by atoms with E-state index in [0.717, 1.165) is 0 Å². The molecular weight excluding hydrogens is 466 g/mol. The molecule has 2 heterocycles. The molecule has 9 heteroatoms. The van der Waals surface area contributed by atoms with Crippen molar-refractivity contribution in [2.24, 2.45) is 11.8 Å². The van der Waals surface area contributed by atoms with Gasteiger partial charge in [0, 0.05) is 29.1 Å². The van der Waals surface area contributed by atoms with Gasteiger partial charge < -0.3 is 23.9 Å². The van der Waals surface area contributed by atoms with Gasteiger partial charge >= 0.3 is 11.9 Å². The largest absolute Gasteiger partial charge is 0.468 e. The van der Waals surface area contributed by atoms with Crippen LogP contribution in [0.15, 0.2) is 62.3 Å². The van der Waals surface area contributed by atoms with Gasteiger partial charge in [0.2, 0.25) is 0 Å². The average molecular weight is 496 g/mol. The van der Waals surface area contributed by atoms with Crippen LogP contribution in [0.3, 0.4) is 0 Å². The zero-order valence-electron chi connectivity index (χ0n) is 20.7. The number of ether oxygens (including phenoxy) is 3. The molecule has 2 aliphatic rings. The Bertz CT molecular complexity index is 1330. The van der Waals surface area contributed by atoms with Gasteiger partial charge in [-0.1, -0.05) is 19.1 Å². The predicted octanol–water partition coefficient (Wildman–Crippen LogP) is 2.99. The first-order chi connectivity index (χ1) is 17.3. The first-order valence-corrected chi connectivity index (χ1v) is 11.9. The zero-order chi connectivity index (χ0) is 26.0. The number of benzene rings is 1. The van der Waals surface area contributed by atoms with Gasteiger partial charge in [0.1, 0.15) is 18.1 Å². The Morgan fingerprint density at radius 1 is 1.17 bits per heavy atom. The molecule has 1 aromatic carbocycles. The van der Waals surface area contributed by atoms with Gasteiger partial charge in [-0.25, -0.2) is 4.79 Å². The number of hydrogen-bond donors (Lipinski definition) is 1. The van der Waals surface area contributed by atoms with Crippen molar-refractivity contribution in [3.63, 3.8) is 0 Å². The molecule has 3 atom stereocenters. The number of carbonyl (C=O) groups is 3. The lowest BCUT2D eigenvalue weighted by Gasteiger charge is -2.37. The number of dihydropyridines is 1. The minimum Gasteiger partial charge on any atom is -0.468 e. The van der Waals surface area contributed by atoms with E-state index in [0.29, 0.717) is 35.4 Å². The molecule has 1 aromatic heterocycles. The molecule has 1 aliphatic carbocycles. The summed E-state index contributed by atoms with van der Waals surface area (Å²) in [6.07, 6.45) is 1.64. The van der Waals surface area contributed by atoms with E-state index in [1.54, 1.807) is 38.1 Å². The molecule has 9 nitrogen and oxygen atoms in total. The lowest BCUT2D eigenvalue weighted by Crippen LogP contribution is -2.44. The number of ketones is 1. The third-order valence-electron chi connectivity index (χ3n) is 6.65. The predicted molar refractivity (Wildman–Crippen MR) is 130 cm³/mol. The lowest BCUT2D eigenvalue weighted by atomic mass is 9.69. The van der Waals surface area contributed by atoms with Crippen LogP contribution in [-0.2, 0) is 28.6 Å². The number of hydrogen-bond acceptors (Lipinski definition) is 9. The summed E-state index contributed by atoms with van der Waals surface area (Å²) in [7, 11) is 1.23. The van der Waals surface area contributed by atoms with Crippen molar-refractivity contribution in [3.8, 4) is 0 Å². The highest BCUT2D eigenvalue weighted by molar-refractivity contribution is 6.12. The normalized spacial score (nSPS) is 21.8. The maximum Gasteiger partial charge on any atom is 0.336 e. The standard InChI is InChI=1S/C27H29NO8/c1-5-34-10-11-35-27(32)21-15(3)28-18-12-14(2)20(26(31)33-4)25(30)23(18)22(21)17-13-36-19-9-7-6-8-16(19)24(17)29/h6-9,13-14,20,22,28H,5,10-12H2,1-4H3. The summed E-state index contributed by atoms with van der Waals surface area (Å²) in [4.78, 5) is 53.3. The topological polar surface area (TPSA) is 121 Å². The molecule has 0 saturated carbocycles. The van der Waals surface area contributed by atoms with Gasteiger partial charge in [-0.3, -0.25) is 14.4 Å². The van der Waals surface area contributed by atoms with Gasteiger partial charge in [-0.15, -0.1) is 0 Å². The molecule has 190 valence electrons. The molecule has 2 aromatic rings. The average Bonchev–Trinajstić information content (AvgIpc) is 2.86. The maximum absolute atomic E-state index is 13.8. The van der Waals surface area contributed by atoms with Gasteiger partial charge in [-0.2, -0.15) is 0 Å². The molecule has 1 N–H and O–H groups in total. The third-order valence-corrected chi connectivity index (χ3v) is 6.65. The molecule has 0 fully saturated rings. The van der Waals surface area contributed by atoms with Crippen molar-refractivity contribution in [2.75, 3.05) is 26.9 Å². The second-order valence-corrected chi connectivity index (χ2v) is 8.88. The molecule has 4 rings (SSSR count). The van der Waals surface area contributed by atoms with E-state index < -0.39 is 29.6 Å². The third kappa shape index (κ3) is 4.46. The van der Waals surface area contributed by atoms with Crippen molar-refractivity contribution in [1.82, 2.24) is 5.32 Å². The van der Waals surface area contributed by atoms with E-state index in [4.69, 9.17) is 18.6 Å². The second kappa shape index (κ2) is 10.5. The number of esters is 2. The Balaban J connectivity index is 1.88. The second-order valence-electron chi connectivity index (χ2n) is 8.88. The minimum absolute atomic E-state index is 0.00414. The van der Waals surface area contributed by atoms with Crippen LogP contribution in [0.4, 0.5) is 0 Å². The van der Waals surface area contributed by atoms with E-state index in [2.05, 4.69) is 5.32 Å². The van der Waals surface area contributed by atoms with E-state index in [9.17, 15) is 19.2 Å². The number of nitrogens with one attached hydrogen (secondary N) is 1. The molecule has 36 heavy (non-hydrogen) atoms. The SMILES string of the molecule is CCOCCOC(=O)C1=C(C)NC2=C(C(=O)C(C(=O)OC)C(C)C2)C1c1coc2ccccc2c1=O. The van der Waals surface area contributed by atoms with Gasteiger partial charge in [0.15, 0.2) is 11.2 Å². The number of para-hydroxylation sites is 1. The molecule has 3 unspecified atom stereocenters. The van der Waals surface area contributed by atoms with E-state index in [-0.39, 0.29) is 41.3 Å². The number of methoxy groups -OCH3 is 1. The molecule has 0 amide bonds. The monoisotopic (exact) mass is 495 g/mol. The zero-order valence-corrected chi connectivity index (χ0v) is 20.7. The fraction of sp³-hybridized carbons (Fsp3) is 0.407. The Morgan fingerprint density at radius 2 is 1.92 bits per heavy atom. The molecule has 0 saturated heterocycles. The number of carbonyl (C=O) groups excluding carboxylic acids is 3. The van der Waals surface area contributed by atoms with E-state index >= 15 is 0 Å². The summed E-state index contributed by atoms with van der Waals surface area (Å²) < 4.78 is 21.3. The minimum atomic E-state index is -1.08. The van der Waals surface area contributed by atoms with Crippen molar-refractivity contribution in [1.29, 1.82) is 0 Å². The highest BCUT2D eigenvalue weighted by Crippen LogP contribution is 2.45. The summed E-state index contributed by atoms with van der Waals surface area (Å²) >= 11 is 0. The first-order valence-electron chi connectivity index (χ1n) is 11.9. The Kier molecular flexibility index (Phi) is 7.40. The van der Waals surface area contributed by atoms with Crippen LogP contribution in [0.5, 0.6) is 0 Å². The Labute approximate surface area is 208 Å². The smallest absolute Gasteiger partial charge is 0.336 e. The molecule has 0 radical (unpaired) electrons. The first kappa shape index (κ1) is 25.4. The van der Waals surface area contributed by atoms with Crippen molar-refractivity contribution >= 4 is 28.7 Å². The van der Waals surface area contributed by atoms with Crippen molar-refractivity contribution < 1.29 is 33.0 Å². The van der Waals surface area contributed by atoms with Gasteiger partial charge in [-0.05, 0) is 38.3 Å². The molecular formula is C27H29NO8. The fourth-order valence-corrected chi connectivity index (χ4v) is 4.97. The van der Waals surface area contributed by atoms with Gasteiger partial charge in [0.25, 0.3) is 0 Å². The van der Waals surface area contributed by atoms with Crippen LogP contribution < -0.4 is 10.7 Å². The maximum atomic E-state index is 13.8. The summed E-state index contributed by atoms with van der Waals surface area (Å²) in [5, 5.41) is 3.49. The summed E-state index contributed by atoms with van der Waals surface area (Å²) in [5.41, 5.74) is 1.44. The lowest BCUT2D eigenvalue weighted by molar-refractivity contribution is -0.151. The number of rotatable bonds is 7. The van der Waals surface area contributed by atoms with Crippen LogP contribution >= 0.6 is 0 Å². The van der Waals surface area contributed by atoms with Gasteiger partial charge in [0.05, 0.1) is 36.9 Å². The van der Waals surface area contributed by atoms with E-state index in [1.165, 1.54) is 13.4 Å². The summed E-state index contributed by atoms with van der Waals surface area (Å²) in [5.74, 6) is -4.31. The van der Waals surface area contributed by atoms with Crippen molar-refractivity contribution in [2.45, 2.75) is 33.1 Å². The number of fused-ring (bicyclic) bond motifs is 1. The number of allylic oxidation sites excluding steroid dienone is 3. The fourth-order valence-electron chi connectivity index (χ4n) is 4.97. The van der Waals surface area contributed by atoms with Crippen LogP contribution in [0, 0.1) is 11.8 Å². The van der Waals surface area contributed by atoms with Crippen LogP contribution in [-0.4, -0.2) is 44.7 Å². The molecule has 0 bridgehead atoms. The van der Waals surface area contributed by atoms with Crippen LogP contribution in [0.2, 0.25) is 0 Å². The van der Waals surface area contributed by atoms with Crippen LogP contribution in [0.1, 0.15) is 38.7 Å². The highest BCUT2D eigenvalue weighted by atomic mass is 16.6. The summed E-state index contributed by atoms with van der Waals surface area (Å²) in [6, 6.07) is 6.74. The van der Waals surface area contributed by atoms with E-state index in [1.807, 2.05) is 6.92 Å². The molecule has 1 aliphatic heterocycles. The van der Waals surface area contributed by atoms with Crippen LogP contribution in [0.25, 0.3) is 11.0 Å². The Morgan fingerprint density at radius 3 is 2.64 bits per heavy atom. The number of Topliss-reactive ketones (excluding diaryl/α,β-unsaturated/α-hetero) is 1. The Hall–Kier alpha value is -3.72.